The molecule has 2 aromatic heterocycles. The summed E-state index contributed by atoms with van der Waals surface area (Å²) in [6.07, 6.45) is 0. The lowest BCUT2D eigenvalue weighted by Crippen LogP contribution is -2.17. The predicted octanol–water partition coefficient (Wildman–Crippen LogP) is 5.92. The van der Waals surface area contributed by atoms with Gasteiger partial charge in [0.2, 0.25) is 8.77 Å². The molecule has 0 N–H and O–H groups in total. The maximum Gasteiger partial charge on any atom is 0.308 e. The van der Waals surface area contributed by atoms with Crippen molar-refractivity contribution in [2.75, 3.05) is 26.4 Å². The van der Waals surface area contributed by atoms with E-state index in [1.54, 1.807) is 9.13 Å². The molecule has 0 spiro atoms. The lowest BCUT2D eigenvalue weighted by molar-refractivity contribution is 0.302. The van der Waals surface area contributed by atoms with E-state index in [1.807, 2.05) is 50.2 Å². The van der Waals surface area contributed by atoms with Crippen molar-refractivity contribution in [2.45, 2.75) is 26.9 Å². The number of ether oxygens (including phenoxy) is 4. The third kappa shape index (κ3) is 7.30. The van der Waals surface area contributed by atoms with Crippen molar-refractivity contribution in [1.82, 2.24) is 9.13 Å². The maximum absolute atomic E-state index is 12.4. The highest BCUT2D eigenvalue weighted by molar-refractivity contribution is 8.89. The van der Waals surface area contributed by atoms with Gasteiger partial charge in [0, 0.05) is 21.6 Å². The Balaban J connectivity index is 1.20. The average molecular weight is 629 g/mol. The quantitative estimate of drug-likeness (QED) is 0.156. The van der Waals surface area contributed by atoms with Gasteiger partial charge in [-0.2, -0.15) is 0 Å². The minimum absolute atomic E-state index is 0.0630. The Hall–Kier alpha value is -2.10. The molecule has 202 valence electrons. The molecule has 8 nitrogen and oxygen atoms in total. The number of thiocarbonyl (C=S) groups is 2. The Morgan fingerprint density at radius 2 is 1.18 bits per heavy atom. The van der Waals surface area contributed by atoms with Crippen LogP contribution in [0.4, 0.5) is 0 Å². The van der Waals surface area contributed by atoms with E-state index in [0.29, 0.717) is 26.3 Å². The number of hydrogen-bond donors (Lipinski definition) is 0. The second-order valence-corrected chi connectivity index (χ2v) is 12.8. The molecule has 0 atom stereocenters. The lowest BCUT2D eigenvalue weighted by atomic mass is 10.3. The van der Waals surface area contributed by atoms with Gasteiger partial charge in [-0.15, -0.1) is 0 Å². The monoisotopic (exact) mass is 628 g/mol. The molecule has 0 saturated heterocycles. The van der Waals surface area contributed by atoms with Crippen LogP contribution in [-0.2, 0) is 22.6 Å². The highest BCUT2D eigenvalue weighted by Crippen LogP contribution is 2.27. The first-order valence-corrected chi connectivity index (χ1v) is 16.2. The van der Waals surface area contributed by atoms with Crippen LogP contribution in [0.5, 0.6) is 11.5 Å². The lowest BCUT2D eigenvalue weighted by Gasteiger charge is -2.10. The molecule has 4 rings (SSSR count). The standard InChI is InChI=1S/C24H24N2O6S6/c1-3-29-15-5-7-17-19(13-15)35-21(27)25(17)9-11-31-23(33)37-38-24(34)32-12-10-26-18-8-6-16(30-4-2)14-20(18)36-22(26)28/h5-8,13-14H,3-4,9-12H2,1-2H3. The Bertz CT molecular complexity index is 1440. The summed E-state index contributed by atoms with van der Waals surface area (Å²) >= 11 is 12.9. The molecular weight excluding hydrogens is 605 g/mol. The molecule has 0 aliphatic rings. The van der Waals surface area contributed by atoms with Crippen molar-refractivity contribution >= 4 is 97.9 Å². The van der Waals surface area contributed by atoms with Gasteiger partial charge in [0.15, 0.2) is 0 Å². The van der Waals surface area contributed by atoms with Crippen LogP contribution < -0.4 is 19.2 Å². The van der Waals surface area contributed by atoms with E-state index in [0.717, 1.165) is 31.9 Å². The minimum Gasteiger partial charge on any atom is -0.494 e. The van der Waals surface area contributed by atoms with Crippen LogP contribution in [0.3, 0.4) is 0 Å². The molecule has 2 aromatic carbocycles. The Morgan fingerprint density at radius 1 is 0.763 bits per heavy atom. The fourth-order valence-electron chi connectivity index (χ4n) is 3.59. The number of benzene rings is 2. The van der Waals surface area contributed by atoms with Gasteiger partial charge >= 0.3 is 9.75 Å². The van der Waals surface area contributed by atoms with E-state index in [-0.39, 0.29) is 31.7 Å². The van der Waals surface area contributed by atoms with Gasteiger partial charge in [-0.1, -0.05) is 22.7 Å². The van der Waals surface area contributed by atoms with Gasteiger partial charge in [-0.3, -0.25) is 18.7 Å². The molecule has 0 unspecified atom stereocenters. The third-order valence-electron chi connectivity index (χ3n) is 5.15. The van der Waals surface area contributed by atoms with Crippen LogP contribution in [0, 0.1) is 0 Å². The fraction of sp³-hybridized carbons (Fsp3) is 0.333. The number of fused-ring (bicyclic) bond motifs is 2. The Labute approximate surface area is 245 Å². The summed E-state index contributed by atoms with van der Waals surface area (Å²) in [4.78, 5) is 24.7. The van der Waals surface area contributed by atoms with E-state index >= 15 is 0 Å². The van der Waals surface area contributed by atoms with Crippen LogP contribution in [0.15, 0.2) is 46.0 Å². The number of thiazole rings is 2. The smallest absolute Gasteiger partial charge is 0.308 e. The molecule has 0 aliphatic heterocycles. The first kappa shape index (κ1) is 28.9. The topological polar surface area (TPSA) is 80.9 Å². The molecule has 0 saturated carbocycles. The fourth-order valence-corrected chi connectivity index (χ4v) is 7.35. The molecule has 0 radical (unpaired) electrons. The number of hydrogen-bond acceptors (Lipinski definition) is 12. The first-order chi connectivity index (χ1) is 18.4. The van der Waals surface area contributed by atoms with Crippen molar-refractivity contribution in [1.29, 1.82) is 0 Å². The molecule has 14 heteroatoms. The third-order valence-corrected chi connectivity index (χ3v) is 10.2. The summed E-state index contributed by atoms with van der Waals surface area (Å²) in [7, 11) is 2.35. The van der Waals surface area contributed by atoms with Gasteiger partial charge in [0.25, 0.3) is 0 Å². The molecule has 0 bridgehead atoms. The van der Waals surface area contributed by atoms with Crippen LogP contribution in [0.25, 0.3) is 20.4 Å². The van der Waals surface area contributed by atoms with Gasteiger partial charge in [0.05, 0.1) is 46.7 Å². The zero-order valence-electron chi connectivity index (χ0n) is 20.5. The normalized spacial score (nSPS) is 11.1. The van der Waals surface area contributed by atoms with Crippen molar-refractivity contribution in [3.8, 4) is 11.5 Å². The second kappa shape index (κ2) is 13.8. The molecule has 38 heavy (non-hydrogen) atoms. The van der Waals surface area contributed by atoms with Crippen molar-refractivity contribution in [2.24, 2.45) is 0 Å². The van der Waals surface area contributed by atoms with Crippen LogP contribution in [0.2, 0.25) is 0 Å². The van der Waals surface area contributed by atoms with E-state index < -0.39 is 0 Å². The van der Waals surface area contributed by atoms with Crippen molar-refractivity contribution in [3.05, 3.63) is 55.7 Å². The van der Waals surface area contributed by atoms with E-state index in [4.69, 9.17) is 43.4 Å². The van der Waals surface area contributed by atoms with Gasteiger partial charge in [0.1, 0.15) is 24.7 Å². The summed E-state index contributed by atoms with van der Waals surface area (Å²) in [6, 6.07) is 11.2. The van der Waals surface area contributed by atoms with Crippen LogP contribution >= 0.6 is 68.7 Å². The van der Waals surface area contributed by atoms with Crippen molar-refractivity contribution < 1.29 is 18.9 Å². The average Bonchev–Trinajstić information content (AvgIpc) is 3.37. The van der Waals surface area contributed by atoms with E-state index in [1.165, 1.54) is 44.3 Å². The van der Waals surface area contributed by atoms with Gasteiger partial charge in [-0.25, -0.2) is 0 Å². The highest BCUT2D eigenvalue weighted by atomic mass is 33.1. The minimum atomic E-state index is -0.0630. The molecule has 0 amide bonds. The SMILES string of the molecule is CCOc1ccc2c(c1)sc(=O)n2CCOC(=S)SSC(=S)OCCn1c(=O)sc2cc(OCC)ccc21. The molecular formula is C24H24N2O6S6. The second-order valence-electron chi connectivity index (χ2n) is 7.53. The number of aromatic nitrogens is 2. The van der Waals surface area contributed by atoms with Crippen LogP contribution in [0.1, 0.15) is 13.8 Å². The maximum atomic E-state index is 12.4. The summed E-state index contributed by atoms with van der Waals surface area (Å²) in [6.45, 7) is 6.21. The highest BCUT2D eigenvalue weighted by Gasteiger charge is 2.12. The van der Waals surface area contributed by atoms with E-state index in [2.05, 4.69) is 0 Å². The summed E-state index contributed by atoms with van der Waals surface area (Å²) < 4.78 is 27.9. The van der Waals surface area contributed by atoms with Gasteiger partial charge < -0.3 is 18.9 Å². The Kier molecular flexibility index (Phi) is 10.5. The van der Waals surface area contributed by atoms with Gasteiger partial charge in [-0.05, 0) is 74.7 Å². The summed E-state index contributed by atoms with van der Waals surface area (Å²) in [5.74, 6) is 1.48. The predicted molar refractivity (Wildman–Crippen MR) is 167 cm³/mol. The molecule has 0 fully saturated rings. The molecule has 4 aromatic rings. The zero-order chi connectivity index (χ0) is 27.1. The van der Waals surface area contributed by atoms with E-state index in [9.17, 15) is 9.59 Å². The molecule has 2 heterocycles. The number of nitrogens with zero attached hydrogens (tertiary/aromatic N) is 2. The first-order valence-electron chi connectivity index (χ1n) is 11.6. The molecule has 0 aliphatic carbocycles. The van der Waals surface area contributed by atoms with Crippen LogP contribution in [-0.4, -0.2) is 44.3 Å². The largest absolute Gasteiger partial charge is 0.494 e. The van der Waals surface area contributed by atoms with Crippen molar-refractivity contribution in [3.63, 3.8) is 0 Å². The Morgan fingerprint density at radius 3 is 1.58 bits per heavy atom. The summed E-state index contributed by atoms with van der Waals surface area (Å²) in [5.41, 5.74) is 1.67. The zero-order valence-corrected chi connectivity index (χ0v) is 25.4. The summed E-state index contributed by atoms with van der Waals surface area (Å²) in [5, 5.41) is 0. The number of rotatable bonds is 10.